The lowest BCUT2D eigenvalue weighted by Gasteiger charge is -2.19. The summed E-state index contributed by atoms with van der Waals surface area (Å²) in [5.74, 6) is 0. The highest BCUT2D eigenvalue weighted by Crippen LogP contribution is 2.25. The molecule has 5 nitrogen and oxygen atoms in total. The minimum atomic E-state index is 0.773. The molecule has 0 fully saturated rings. The normalized spacial score (nSPS) is 10.2. The van der Waals surface area contributed by atoms with Gasteiger partial charge in [0.15, 0.2) is 0 Å². The van der Waals surface area contributed by atoms with Crippen molar-refractivity contribution in [3.05, 3.63) is 84.9 Å². The fraction of sp³-hybridized carbons (Fsp3) is 0.0435. The first-order chi connectivity index (χ1) is 13.5. The third-order valence-electron chi connectivity index (χ3n) is 4.55. The number of rotatable bonds is 2. The molecular formula is C23H25N5. The van der Waals surface area contributed by atoms with E-state index in [9.17, 15) is 0 Å². The van der Waals surface area contributed by atoms with E-state index in [4.69, 9.17) is 22.9 Å². The summed E-state index contributed by atoms with van der Waals surface area (Å²) in [6.45, 7) is 0. The Labute approximate surface area is 165 Å². The lowest BCUT2D eigenvalue weighted by Crippen LogP contribution is -2.09. The third kappa shape index (κ3) is 4.27. The van der Waals surface area contributed by atoms with Crippen LogP contribution in [0.3, 0.4) is 0 Å². The van der Waals surface area contributed by atoms with E-state index in [0.29, 0.717) is 0 Å². The van der Waals surface area contributed by atoms with Gasteiger partial charge in [-0.2, -0.15) is 0 Å². The van der Waals surface area contributed by atoms with Crippen molar-refractivity contribution in [2.45, 2.75) is 0 Å². The predicted molar refractivity (Wildman–Crippen MR) is 123 cm³/mol. The Morgan fingerprint density at radius 3 is 1.21 bits per heavy atom. The quantitative estimate of drug-likeness (QED) is 0.385. The van der Waals surface area contributed by atoms with Gasteiger partial charge in [-0.1, -0.05) is 24.3 Å². The van der Waals surface area contributed by atoms with Crippen LogP contribution in [0.1, 0.15) is 0 Å². The first-order valence-corrected chi connectivity index (χ1v) is 8.93. The van der Waals surface area contributed by atoms with Crippen LogP contribution in [-0.2, 0) is 0 Å². The maximum Gasteiger partial charge on any atom is 0.0409 e. The van der Waals surface area contributed by atoms with Crippen molar-refractivity contribution in [2.75, 3.05) is 34.9 Å². The van der Waals surface area contributed by atoms with Crippen molar-refractivity contribution >= 4 is 44.9 Å². The van der Waals surface area contributed by atoms with Crippen LogP contribution in [0, 0.1) is 0 Å². The van der Waals surface area contributed by atoms with Gasteiger partial charge in [0.25, 0.3) is 0 Å². The van der Waals surface area contributed by atoms with Crippen LogP contribution in [0.2, 0.25) is 0 Å². The molecule has 0 aliphatic rings. The summed E-state index contributed by atoms with van der Waals surface area (Å²) in [6, 6.07) is 27.1. The SMILES string of the molecule is CN(c1ccc(N)cc1)c1ccc(N)cc1.Nc1cccc2c(N)cccc12. The molecule has 4 rings (SSSR count). The van der Waals surface area contributed by atoms with E-state index in [1.807, 2.05) is 92.0 Å². The van der Waals surface area contributed by atoms with Crippen molar-refractivity contribution in [2.24, 2.45) is 0 Å². The molecule has 4 aromatic carbocycles. The van der Waals surface area contributed by atoms with E-state index >= 15 is 0 Å². The monoisotopic (exact) mass is 371 g/mol. The van der Waals surface area contributed by atoms with Gasteiger partial charge < -0.3 is 27.8 Å². The lowest BCUT2D eigenvalue weighted by molar-refractivity contribution is 1.21. The summed E-state index contributed by atoms with van der Waals surface area (Å²) in [7, 11) is 2.01. The summed E-state index contributed by atoms with van der Waals surface area (Å²) in [5, 5.41) is 2.05. The Bertz CT molecular complexity index is 970. The summed E-state index contributed by atoms with van der Waals surface area (Å²) in [5.41, 5.74) is 28.1. The summed E-state index contributed by atoms with van der Waals surface area (Å²) in [4.78, 5) is 2.08. The predicted octanol–water partition coefficient (Wildman–Crippen LogP) is 4.62. The van der Waals surface area contributed by atoms with Crippen LogP contribution in [0.4, 0.5) is 34.1 Å². The van der Waals surface area contributed by atoms with Crippen molar-refractivity contribution in [1.82, 2.24) is 0 Å². The Balaban J connectivity index is 0.000000167. The fourth-order valence-electron chi connectivity index (χ4n) is 2.90. The highest BCUT2D eigenvalue weighted by Gasteiger charge is 2.02. The second-order valence-electron chi connectivity index (χ2n) is 6.53. The van der Waals surface area contributed by atoms with E-state index in [1.165, 1.54) is 0 Å². The minimum Gasteiger partial charge on any atom is -0.399 e. The van der Waals surface area contributed by atoms with Crippen LogP contribution in [-0.4, -0.2) is 7.05 Å². The molecule has 0 bridgehead atoms. The van der Waals surface area contributed by atoms with Crippen molar-refractivity contribution in [3.8, 4) is 0 Å². The second kappa shape index (κ2) is 8.22. The van der Waals surface area contributed by atoms with Crippen LogP contribution >= 0.6 is 0 Å². The number of anilines is 6. The van der Waals surface area contributed by atoms with Gasteiger partial charge in [0.1, 0.15) is 0 Å². The number of nitrogens with zero attached hydrogens (tertiary/aromatic N) is 1. The number of nitrogens with two attached hydrogens (primary N) is 4. The average Bonchev–Trinajstić information content (AvgIpc) is 2.70. The molecule has 0 radical (unpaired) electrons. The molecule has 28 heavy (non-hydrogen) atoms. The number of nitrogen functional groups attached to an aromatic ring is 4. The van der Waals surface area contributed by atoms with Crippen molar-refractivity contribution in [1.29, 1.82) is 0 Å². The molecule has 0 aromatic heterocycles. The molecule has 0 heterocycles. The zero-order valence-corrected chi connectivity index (χ0v) is 15.8. The van der Waals surface area contributed by atoms with Gasteiger partial charge in [-0.05, 0) is 60.7 Å². The Morgan fingerprint density at radius 1 is 0.500 bits per heavy atom. The molecule has 0 spiro atoms. The highest BCUT2D eigenvalue weighted by molar-refractivity contribution is 5.99. The van der Waals surface area contributed by atoms with Crippen molar-refractivity contribution in [3.63, 3.8) is 0 Å². The van der Waals surface area contributed by atoms with Gasteiger partial charge in [-0.15, -0.1) is 0 Å². The standard InChI is InChI=1S/C13H15N3.C10H10N2/c1-16(12-6-2-10(14)3-7-12)13-8-4-11(15)5-9-13;11-9-5-1-3-7-8(9)4-2-6-10(7)12/h2-9H,14-15H2,1H3;1-6H,11-12H2. The molecular weight excluding hydrogens is 346 g/mol. The molecule has 0 saturated carbocycles. The largest absolute Gasteiger partial charge is 0.399 e. The van der Waals surface area contributed by atoms with E-state index in [1.54, 1.807) is 0 Å². The minimum absolute atomic E-state index is 0.773. The molecule has 0 amide bonds. The molecule has 4 aromatic rings. The highest BCUT2D eigenvalue weighted by atomic mass is 15.1. The number of hydrogen-bond acceptors (Lipinski definition) is 5. The summed E-state index contributed by atoms with van der Waals surface area (Å²) >= 11 is 0. The summed E-state index contributed by atoms with van der Waals surface area (Å²) in [6.07, 6.45) is 0. The molecule has 0 saturated heterocycles. The van der Waals surface area contributed by atoms with E-state index < -0.39 is 0 Å². The van der Waals surface area contributed by atoms with E-state index in [-0.39, 0.29) is 0 Å². The molecule has 0 aliphatic carbocycles. The molecule has 0 aliphatic heterocycles. The first kappa shape index (κ1) is 18.9. The molecule has 0 atom stereocenters. The number of hydrogen-bond donors (Lipinski definition) is 4. The number of fused-ring (bicyclic) bond motifs is 1. The molecule has 142 valence electrons. The molecule has 8 N–H and O–H groups in total. The van der Waals surface area contributed by atoms with E-state index in [0.717, 1.165) is 44.9 Å². The topological polar surface area (TPSA) is 107 Å². The van der Waals surface area contributed by atoms with Gasteiger partial charge in [-0.3, -0.25) is 0 Å². The summed E-state index contributed by atoms with van der Waals surface area (Å²) < 4.78 is 0. The second-order valence-corrected chi connectivity index (χ2v) is 6.53. The third-order valence-corrected chi connectivity index (χ3v) is 4.55. The van der Waals surface area contributed by atoms with Crippen molar-refractivity contribution < 1.29 is 0 Å². The maximum absolute atomic E-state index is 5.77. The maximum atomic E-state index is 5.77. The lowest BCUT2D eigenvalue weighted by atomic mass is 10.1. The van der Waals surface area contributed by atoms with Crippen LogP contribution < -0.4 is 27.8 Å². The van der Waals surface area contributed by atoms with Gasteiger partial charge in [0, 0.05) is 51.9 Å². The van der Waals surface area contributed by atoms with Crippen LogP contribution in [0.5, 0.6) is 0 Å². The smallest absolute Gasteiger partial charge is 0.0409 e. The molecule has 5 heteroatoms. The zero-order chi connectivity index (χ0) is 20.1. The van der Waals surface area contributed by atoms with E-state index in [2.05, 4.69) is 4.90 Å². The fourth-order valence-corrected chi connectivity index (χ4v) is 2.90. The Hall–Kier alpha value is -3.86. The van der Waals surface area contributed by atoms with Gasteiger partial charge in [0.05, 0.1) is 0 Å². The Morgan fingerprint density at radius 2 is 0.857 bits per heavy atom. The van der Waals surface area contributed by atoms with Gasteiger partial charge in [0.2, 0.25) is 0 Å². The van der Waals surface area contributed by atoms with Crippen LogP contribution in [0.25, 0.3) is 10.8 Å². The molecule has 0 unspecified atom stereocenters. The number of benzene rings is 4. The van der Waals surface area contributed by atoms with Gasteiger partial charge in [-0.25, -0.2) is 0 Å². The van der Waals surface area contributed by atoms with Gasteiger partial charge >= 0.3 is 0 Å². The Kier molecular flexibility index (Phi) is 5.56. The zero-order valence-electron chi connectivity index (χ0n) is 15.8. The van der Waals surface area contributed by atoms with Crippen LogP contribution in [0.15, 0.2) is 84.9 Å². The first-order valence-electron chi connectivity index (χ1n) is 8.93. The average molecular weight is 371 g/mol.